The molecule has 1 aliphatic rings. The molecular formula is C20H20N2O2. The summed E-state index contributed by atoms with van der Waals surface area (Å²) in [7, 11) is 0. The van der Waals surface area contributed by atoms with Gasteiger partial charge in [0.2, 0.25) is 5.91 Å². The van der Waals surface area contributed by atoms with Crippen molar-refractivity contribution in [3.63, 3.8) is 0 Å². The zero-order valence-corrected chi connectivity index (χ0v) is 13.4. The van der Waals surface area contributed by atoms with Gasteiger partial charge in [-0.05, 0) is 42.7 Å². The van der Waals surface area contributed by atoms with Crippen LogP contribution in [0.15, 0.2) is 60.7 Å². The van der Waals surface area contributed by atoms with Crippen molar-refractivity contribution in [2.24, 2.45) is 0 Å². The molecule has 2 amide bonds. The standard InChI is InChI=1S/C20H20N2O2/c23-19(22-14-6-7-15-22)13-12-16-8-4-5-11-18(16)20(24)21-17-9-2-1-3-10-17/h1-5,8-13H,6-7,14-15H2,(H,21,24)/b13-12+. The number of likely N-dealkylation sites (tertiary alicyclic amines) is 1. The van der Waals surface area contributed by atoms with E-state index in [1.807, 2.05) is 53.4 Å². The molecule has 0 unspecified atom stereocenters. The predicted octanol–water partition coefficient (Wildman–Crippen LogP) is 3.57. The number of para-hydroxylation sites is 1. The number of hydrogen-bond acceptors (Lipinski definition) is 2. The van der Waals surface area contributed by atoms with Crippen LogP contribution in [0.4, 0.5) is 5.69 Å². The Labute approximate surface area is 141 Å². The molecule has 0 aliphatic carbocycles. The predicted molar refractivity (Wildman–Crippen MR) is 95.7 cm³/mol. The third-order valence-corrected chi connectivity index (χ3v) is 4.06. The van der Waals surface area contributed by atoms with Crippen LogP contribution < -0.4 is 5.32 Å². The Morgan fingerprint density at radius 1 is 0.917 bits per heavy atom. The van der Waals surface area contributed by atoms with E-state index < -0.39 is 0 Å². The van der Waals surface area contributed by atoms with Crippen molar-refractivity contribution in [1.29, 1.82) is 0 Å². The number of nitrogens with zero attached hydrogens (tertiary/aromatic N) is 1. The van der Waals surface area contributed by atoms with E-state index in [-0.39, 0.29) is 11.8 Å². The average molecular weight is 320 g/mol. The molecule has 122 valence electrons. The number of rotatable bonds is 4. The summed E-state index contributed by atoms with van der Waals surface area (Å²) < 4.78 is 0. The van der Waals surface area contributed by atoms with E-state index >= 15 is 0 Å². The van der Waals surface area contributed by atoms with Crippen molar-refractivity contribution in [3.05, 3.63) is 71.8 Å². The second kappa shape index (κ2) is 7.59. The number of carbonyl (C=O) groups excluding carboxylic acids is 2. The average Bonchev–Trinajstić information content (AvgIpc) is 3.15. The monoisotopic (exact) mass is 320 g/mol. The van der Waals surface area contributed by atoms with E-state index in [1.54, 1.807) is 18.2 Å². The number of carbonyl (C=O) groups is 2. The Morgan fingerprint density at radius 2 is 1.58 bits per heavy atom. The van der Waals surface area contributed by atoms with Gasteiger partial charge in [0.15, 0.2) is 0 Å². The van der Waals surface area contributed by atoms with Crippen LogP contribution in [0.5, 0.6) is 0 Å². The summed E-state index contributed by atoms with van der Waals surface area (Å²) in [6.45, 7) is 1.64. The highest BCUT2D eigenvalue weighted by Crippen LogP contribution is 2.15. The Balaban J connectivity index is 1.75. The Morgan fingerprint density at radius 3 is 2.33 bits per heavy atom. The summed E-state index contributed by atoms with van der Waals surface area (Å²) in [5.41, 5.74) is 2.03. The van der Waals surface area contributed by atoms with Gasteiger partial charge in [-0.25, -0.2) is 0 Å². The molecule has 0 aromatic heterocycles. The maximum absolute atomic E-state index is 12.5. The fraction of sp³-hybridized carbons (Fsp3) is 0.200. The minimum absolute atomic E-state index is 0.00534. The summed E-state index contributed by atoms with van der Waals surface area (Å²) in [6, 6.07) is 16.6. The quantitative estimate of drug-likeness (QED) is 0.876. The molecule has 3 rings (SSSR count). The lowest BCUT2D eigenvalue weighted by atomic mass is 10.1. The van der Waals surface area contributed by atoms with Crippen molar-refractivity contribution in [1.82, 2.24) is 4.90 Å². The first-order chi connectivity index (χ1) is 11.7. The number of benzene rings is 2. The molecule has 1 N–H and O–H groups in total. The molecule has 2 aromatic rings. The van der Waals surface area contributed by atoms with Gasteiger partial charge in [0.05, 0.1) is 0 Å². The minimum atomic E-state index is -0.185. The van der Waals surface area contributed by atoms with Crippen LogP contribution in [0, 0.1) is 0 Å². The molecule has 0 atom stereocenters. The van der Waals surface area contributed by atoms with Gasteiger partial charge >= 0.3 is 0 Å². The second-order valence-corrected chi connectivity index (χ2v) is 5.77. The van der Waals surface area contributed by atoms with Gasteiger partial charge in [-0.15, -0.1) is 0 Å². The summed E-state index contributed by atoms with van der Waals surface area (Å²) >= 11 is 0. The molecule has 1 fully saturated rings. The molecule has 0 saturated carbocycles. The lowest BCUT2D eigenvalue weighted by molar-refractivity contribution is -0.124. The Kier molecular flexibility index (Phi) is 5.06. The van der Waals surface area contributed by atoms with Crippen molar-refractivity contribution < 1.29 is 9.59 Å². The molecule has 4 heteroatoms. The second-order valence-electron chi connectivity index (χ2n) is 5.77. The molecule has 1 aliphatic heterocycles. The maximum atomic E-state index is 12.5. The fourth-order valence-corrected chi connectivity index (χ4v) is 2.77. The highest BCUT2D eigenvalue weighted by atomic mass is 16.2. The first kappa shape index (κ1) is 16.0. The van der Waals surface area contributed by atoms with Gasteiger partial charge in [0.1, 0.15) is 0 Å². The van der Waals surface area contributed by atoms with Gasteiger partial charge in [-0.2, -0.15) is 0 Å². The van der Waals surface area contributed by atoms with Gasteiger partial charge < -0.3 is 10.2 Å². The topological polar surface area (TPSA) is 49.4 Å². The largest absolute Gasteiger partial charge is 0.339 e. The third-order valence-electron chi connectivity index (χ3n) is 4.06. The Bertz CT molecular complexity index is 747. The summed E-state index contributed by atoms with van der Waals surface area (Å²) in [5, 5.41) is 2.87. The minimum Gasteiger partial charge on any atom is -0.339 e. The van der Waals surface area contributed by atoms with Gasteiger partial charge in [-0.3, -0.25) is 9.59 Å². The molecule has 0 bridgehead atoms. The number of amides is 2. The third kappa shape index (κ3) is 3.90. The van der Waals surface area contributed by atoms with E-state index in [1.165, 1.54) is 0 Å². The lowest BCUT2D eigenvalue weighted by Crippen LogP contribution is -2.25. The van der Waals surface area contributed by atoms with Crippen LogP contribution in [-0.4, -0.2) is 29.8 Å². The van der Waals surface area contributed by atoms with E-state index in [0.29, 0.717) is 5.56 Å². The number of nitrogens with one attached hydrogen (secondary N) is 1. The first-order valence-corrected chi connectivity index (χ1v) is 8.16. The van der Waals surface area contributed by atoms with Gasteiger partial charge in [-0.1, -0.05) is 36.4 Å². The van der Waals surface area contributed by atoms with Crippen LogP contribution in [0.25, 0.3) is 6.08 Å². The van der Waals surface area contributed by atoms with Crippen molar-refractivity contribution in [2.45, 2.75) is 12.8 Å². The molecule has 1 heterocycles. The number of anilines is 1. The molecule has 0 radical (unpaired) electrons. The van der Waals surface area contributed by atoms with Crippen LogP contribution in [0.3, 0.4) is 0 Å². The lowest BCUT2D eigenvalue weighted by Gasteiger charge is -2.12. The van der Waals surface area contributed by atoms with Crippen LogP contribution in [-0.2, 0) is 4.79 Å². The smallest absolute Gasteiger partial charge is 0.256 e. The normalized spacial score (nSPS) is 14.1. The van der Waals surface area contributed by atoms with Crippen molar-refractivity contribution in [2.75, 3.05) is 18.4 Å². The molecule has 4 nitrogen and oxygen atoms in total. The molecule has 0 spiro atoms. The van der Waals surface area contributed by atoms with Crippen LogP contribution in [0.2, 0.25) is 0 Å². The fourth-order valence-electron chi connectivity index (χ4n) is 2.77. The van der Waals surface area contributed by atoms with E-state index in [9.17, 15) is 9.59 Å². The van der Waals surface area contributed by atoms with Crippen LogP contribution in [0.1, 0.15) is 28.8 Å². The highest BCUT2D eigenvalue weighted by Gasteiger charge is 2.15. The van der Waals surface area contributed by atoms with Crippen LogP contribution >= 0.6 is 0 Å². The molecular weight excluding hydrogens is 300 g/mol. The summed E-state index contributed by atoms with van der Waals surface area (Å²) in [4.78, 5) is 26.5. The maximum Gasteiger partial charge on any atom is 0.256 e. The molecule has 24 heavy (non-hydrogen) atoms. The van der Waals surface area contributed by atoms with Crippen molar-refractivity contribution >= 4 is 23.6 Å². The summed E-state index contributed by atoms with van der Waals surface area (Å²) in [6.07, 6.45) is 5.41. The zero-order valence-electron chi connectivity index (χ0n) is 13.4. The SMILES string of the molecule is O=C(Nc1ccccc1)c1ccccc1/C=C/C(=O)N1CCCC1. The molecule has 2 aromatic carbocycles. The number of hydrogen-bond donors (Lipinski definition) is 1. The first-order valence-electron chi connectivity index (χ1n) is 8.16. The zero-order chi connectivity index (χ0) is 16.8. The van der Waals surface area contributed by atoms with E-state index in [4.69, 9.17) is 0 Å². The van der Waals surface area contributed by atoms with Gasteiger partial charge in [0.25, 0.3) is 5.91 Å². The Hall–Kier alpha value is -2.88. The highest BCUT2D eigenvalue weighted by molar-refractivity contribution is 6.07. The van der Waals surface area contributed by atoms with Gasteiger partial charge in [0, 0.05) is 30.4 Å². The van der Waals surface area contributed by atoms with Crippen molar-refractivity contribution in [3.8, 4) is 0 Å². The molecule has 1 saturated heterocycles. The van der Waals surface area contributed by atoms with E-state index in [0.717, 1.165) is 37.2 Å². The van der Waals surface area contributed by atoms with E-state index in [2.05, 4.69) is 5.32 Å². The summed E-state index contributed by atoms with van der Waals surface area (Å²) in [5.74, 6) is -0.180.